The van der Waals surface area contributed by atoms with Crippen LogP contribution in [0.3, 0.4) is 0 Å². The van der Waals surface area contributed by atoms with Gasteiger partial charge in [0.2, 0.25) is 0 Å². The second-order valence-corrected chi connectivity index (χ2v) is 8.92. The second-order valence-electron chi connectivity index (χ2n) is 6.96. The lowest BCUT2D eigenvalue weighted by Gasteiger charge is -2.19. The molecule has 0 saturated carbocycles. The summed E-state index contributed by atoms with van der Waals surface area (Å²) >= 11 is 13.3. The van der Waals surface area contributed by atoms with Crippen molar-refractivity contribution < 1.29 is 9.59 Å². The first-order chi connectivity index (χ1) is 15.0. The first-order valence-corrected chi connectivity index (χ1v) is 11.2. The molecule has 0 unspecified atom stereocenters. The van der Waals surface area contributed by atoms with E-state index < -0.39 is 0 Å². The van der Waals surface area contributed by atoms with Gasteiger partial charge >= 0.3 is 0 Å². The van der Waals surface area contributed by atoms with E-state index in [1.807, 2.05) is 42.5 Å². The predicted octanol–water partition coefficient (Wildman–Crippen LogP) is 6.05. The number of hydrogen-bond acceptors (Lipinski definition) is 3. The molecule has 0 aromatic heterocycles. The van der Waals surface area contributed by atoms with Gasteiger partial charge in [0.1, 0.15) is 0 Å². The second kappa shape index (κ2) is 9.60. The number of halogens is 2. The number of rotatable bonds is 5. The average molecular weight is 469 g/mol. The maximum absolute atomic E-state index is 12.5. The molecular weight excluding hydrogens is 451 g/mol. The van der Waals surface area contributed by atoms with Crippen molar-refractivity contribution in [2.24, 2.45) is 0 Å². The molecule has 7 heteroatoms. The third kappa shape index (κ3) is 5.50. The van der Waals surface area contributed by atoms with E-state index in [1.54, 1.807) is 30.3 Å². The van der Waals surface area contributed by atoms with E-state index in [-0.39, 0.29) is 11.8 Å². The number of fused-ring (bicyclic) bond motifs is 1. The minimum absolute atomic E-state index is 0.184. The topological polar surface area (TPSA) is 58.2 Å². The molecule has 3 aromatic carbocycles. The maximum atomic E-state index is 12.5. The highest BCUT2D eigenvalue weighted by atomic mass is 35.5. The van der Waals surface area contributed by atoms with Gasteiger partial charge in [-0.05, 0) is 66.1 Å². The van der Waals surface area contributed by atoms with Crippen LogP contribution in [0.15, 0.2) is 76.5 Å². The quantitative estimate of drug-likeness (QED) is 0.447. The van der Waals surface area contributed by atoms with Gasteiger partial charge in [0.05, 0.1) is 10.6 Å². The lowest BCUT2D eigenvalue weighted by Crippen LogP contribution is -2.26. The Morgan fingerprint density at radius 1 is 1.00 bits per heavy atom. The highest BCUT2D eigenvalue weighted by Gasteiger charge is 2.22. The molecule has 31 heavy (non-hydrogen) atoms. The molecule has 1 aliphatic heterocycles. The number of carbonyl (C=O) groups is 2. The summed E-state index contributed by atoms with van der Waals surface area (Å²) in [4.78, 5) is 26.5. The van der Waals surface area contributed by atoms with Gasteiger partial charge in [0.25, 0.3) is 11.8 Å². The van der Waals surface area contributed by atoms with Crippen LogP contribution in [-0.4, -0.2) is 18.4 Å². The summed E-state index contributed by atoms with van der Waals surface area (Å²) in [6.07, 6.45) is 2.50. The summed E-state index contributed by atoms with van der Waals surface area (Å²) in [5, 5.41) is 7.09. The third-order valence-electron chi connectivity index (χ3n) is 4.69. The SMILES string of the molecule is O=C1Nc2cc(C(=O)NCCc3ccc(Cl)cc3)ccc2SC1=Cc1cccc(Cl)c1. The van der Waals surface area contributed by atoms with Crippen LogP contribution >= 0.6 is 35.0 Å². The van der Waals surface area contributed by atoms with Gasteiger partial charge in [-0.15, -0.1) is 0 Å². The maximum Gasteiger partial charge on any atom is 0.262 e. The normalized spacial score (nSPS) is 14.1. The Kier molecular flexibility index (Phi) is 6.66. The summed E-state index contributed by atoms with van der Waals surface area (Å²) in [6.45, 7) is 0.505. The van der Waals surface area contributed by atoms with Crippen LogP contribution in [0.1, 0.15) is 21.5 Å². The zero-order valence-electron chi connectivity index (χ0n) is 16.3. The van der Waals surface area contributed by atoms with Crippen molar-refractivity contribution in [3.05, 3.63) is 98.4 Å². The van der Waals surface area contributed by atoms with E-state index >= 15 is 0 Å². The van der Waals surface area contributed by atoms with Gasteiger partial charge in [0.15, 0.2) is 0 Å². The number of amides is 2. The Balaban J connectivity index is 1.42. The van der Waals surface area contributed by atoms with Gasteiger partial charge in [-0.25, -0.2) is 0 Å². The molecular formula is C24H18Cl2N2O2S. The van der Waals surface area contributed by atoms with Crippen molar-refractivity contribution in [3.63, 3.8) is 0 Å². The number of hydrogen-bond donors (Lipinski definition) is 2. The van der Waals surface area contributed by atoms with Gasteiger partial charge in [-0.3, -0.25) is 9.59 Å². The van der Waals surface area contributed by atoms with Crippen molar-refractivity contribution in [2.45, 2.75) is 11.3 Å². The van der Waals surface area contributed by atoms with Crippen LogP contribution in [-0.2, 0) is 11.2 Å². The van der Waals surface area contributed by atoms with E-state index in [2.05, 4.69) is 10.6 Å². The Morgan fingerprint density at radius 3 is 2.58 bits per heavy atom. The van der Waals surface area contributed by atoms with Crippen LogP contribution in [0.4, 0.5) is 5.69 Å². The number of anilines is 1. The van der Waals surface area contributed by atoms with Crippen molar-refractivity contribution in [1.29, 1.82) is 0 Å². The van der Waals surface area contributed by atoms with Crippen LogP contribution in [0.5, 0.6) is 0 Å². The molecule has 0 bridgehead atoms. The monoisotopic (exact) mass is 468 g/mol. The van der Waals surface area contributed by atoms with Gasteiger partial charge in [0, 0.05) is 27.0 Å². The lowest BCUT2D eigenvalue weighted by molar-refractivity contribution is -0.112. The van der Waals surface area contributed by atoms with E-state index in [0.29, 0.717) is 39.2 Å². The van der Waals surface area contributed by atoms with Crippen LogP contribution < -0.4 is 10.6 Å². The molecule has 156 valence electrons. The molecule has 0 fully saturated rings. The van der Waals surface area contributed by atoms with E-state index in [0.717, 1.165) is 16.0 Å². The largest absolute Gasteiger partial charge is 0.352 e. The first-order valence-electron chi connectivity index (χ1n) is 9.61. The molecule has 1 heterocycles. The number of carbonyl (C=O) groups excluding carboxylic acids is 2. The molecule has 4 nitrogen and oxygen atoms in total. The van der Waals surface area contributed by atoms with Gasteiger partial charge in [-0.2, -0.15) is 0 Å². The van der Waals surface area contributed by atoms with Crippen molar-refractivity contribution >= 4 is 58.5 Å². The molecule has 0 saturated heterocycles. The molecule has 4 rings (SSSR count). The molecule has 0 atom stereocenters. The van der Waals surface area contributed by atoms with Crippen LogP contribution in [0.25, 0.3) is 6.08 Å². The zero-order chi connectivity index (χ0) is 21.8. The Labute approximate surface area is 194 Å². The molecule has 2 amide bonds. The minimum atomic E-state index is -0.210. The highest BCUT2D eigenvalue weighted by Crippen LogP contribution is 2.39. The smallest absolute Gasteiger partial charge is 0.262 e. The van der Waals surface area contributed by atoms with Crippen molar-refractivity contribution in [3.8, 4) is 0 Å². The van der Waals surface area contributed by atoms with Gasteiger partial charge < -0.3 is 10.6 Å². The lowest BCUT2D eigenvalue weighted by atomic mass is 10.1. The predicted molar refractivity (Wildman–Crippen MR) is 128 cm³/mol. The Morgan fingerprint density at radius 2 is 1.81 bits per heavy atom. The Hall–Kier alpha value is -2.73. The summed E-state index contributed by atoms with van der Waals surface area (Å²) in [5.74, 6) is -0.394. The van der Waals surface area contributed by atoms with Crippen molar-refractivity contribution in [2.75, 3.05) is 11.9 Å². The van der Waals surface area contributed by atoms with E-state index in [9.17, 15) is 9.59 Å². The molecule has 0 spiro atoms. The fourth-order valence-corrected chi connectivity index (χ4v) is 4.38. The molecule has 1 aliphatic rings. The zero-order valence-corrected chi connectivity index (χ0v) is 18.7. The summed E-state index contributed by atoms with van der Waals surface area (Å²) < 4.78 is 0. The van der Waals surface area contributed by atoms with Crippen molar-refractivity contribution in [1.82, 2.24) is 5.32 Å². The van der Waals surface area contributed by atoms with Crippen LogP contribution in [0, 0.1) is 0 Å². The summed E-state index contributed by atoms with van der Waals surface area (Å²) in [6, 6.07) is 20.2. The molecule has 0 aliphatic carbocycles. The minimum Gasteiger partial charge on any atom is -0.352 e. The van der Waals surface area contributed by atoms with E-state index in [4.69, 9.17) is 23.2 Å². The van der Waals surface area contributed by atoms with Crippen LogP contribution in [0.2, 0.25) is 10.0 Å². The number of thioether (sulfide) groups is 1. The third-order valence-corrected chi connectivity index (χ3v) is 6.28. The fraction of sp³-hybridized carbons (Fsp3) is 0.0833. The fourth-order valence-electron chi connectivity index (χ4n) is 3.12. The summed E-state index contributed by atoms with van der Waals surface area (Å²) in [5.41, 5.74) is 3.07. The molecule has 0 radical (unpaired) electrons. The number of nitrogens with one attached hydrogen (secondary N) is 2. The van der Waals surface area contributed by atoms with Gasteiger partial charge in [-0.1, -0.05) is 59.2 Å². The number of benzene rings is 3. The molecule has 2 N–H and O–H groups in total. The van der Waals surface area contributed by atoms with E-state index in [1.165, 1.54) is 11.8 Å². The molecule has 3 aromatic rings. The standard InChI is InChI=1S/C24H18Cl2N2O2S/c25-18-7-4-15(5-8-18)10-11-27-23(29)17-6-9-21-20(14-17)28-24(30)22(31-21)13-16-2-1-3-19(26)12-16/h1-9,12-14H,10-11H2,(H,27,29)(H,28,30). The average Bonchev–Trinajstić information content (AvgIpc) is 2.75. The first kappa shape index (κ1) is 21.5. The summed E-state index contributed by atoms with van der Waals surface area (Å²) in [7, 11) is 0. The highest BCUT2D eigenvalue weighted by molar-refractivity contribution is 8.04. The Bertz CT molecular complexity index is 1180.